The van der Waals surface area contributed by atoms with Gasteiger partial charge >= 0.3 is 23.9 Å². The van der Waals surface area contributed by atoms with Crippen LogP contribution in [0.15, 0.2) is 24.5 Å². The Hall–Kier alpha value is -3.63. The van der Waals surface area contributed by atoms with Gasteiger partial charge in [-0.3, -0.25) is 24.2 Å². The smallest absolute Gasteiger partial charge is 0.375 e. The summed E-state index contributed by atoms with van der Waals surface area (Å²) in [5, 5.41) is 0. The van der Waals surface area contributed by atoms with E-state index in [0.717, 1.165) is 0 Å². The van der Waals surface area contributed by atoms with Crippen molar-refractivity contribution in [1.82, 2.24) is 4.98 Å². The summed E-state index contributed by atoms with van der Waals surface area (Å²) in [6.07, 6.45) is 2.58. The number of carbonyl (C=O) groups excluding carboxylic acids is 6. The lowest BCUT2D eigenvalue weighted by molar-refractivity contribution is -0.168. The van der Waals surface area contributed by atoms with Crippen molar-refractivity contribution in [3.63, 3.8) is 0 Å². The second kappa shape index (κ2) is 13.7. The molecular weight excluding hydrogens is 438 g/mol. The van der Waals surface area contributed by atoms with Crippen LogP contribution in [-0.2, 0) is 47.7 Å². The van der Waals surface area contributed by atoms with Gasteiger partial charge in [0, 0.05) is 18.3 Å². The number of hydrogen-bond donors (Lipinski definition) is 0. The molecule has 0 bridgehead atoms. The average Bonchev–Trinajstić information content (AvgIpc) is 2.79. The number of carbonyl (C=O) groups is 6. The second-order valence-electron chi connectivity index (χ2n) is 6.44. The summed E-state index contributed by atoms with van der Waals surface area (Å²) in [7, 11) is 0. The maximum Gasteiger partial charge on any atom is 0.375 e. The van der Waals surface area contributed by atoms with Crippen molar-refractivity contribution in [2.75, 3.05) is 26.4 Å². The molecule has 0 aliphatic heterocycles. The van der Waals surface area contributed by atoms with Crippen LogP contribution >= 0.6 is 0 Å². The molecule has 33 heavy (non-hydrogen) atoms. The van der Waals surface area contributed by atoms with Gasteiger partial charge in [0.05, 0.1) is 26.4 Å². The van der Waals surface area contributed by atoms with Crippen molar-refractivity contribution >= 4 is 35.4 Å². The third kappa shape index (κ3) is 7.19. The minimum Gasteiger partial charge on any atom is -0.465 e. The van der Waals surface area contributed by atoms with Crippen molar-refractivity contribution < 1.29 is 47.7 Å². The Bertz CT molecular complexity index is 815. The maximum absolute atomic E-state index is 13.0. The monoisotopic (exact) mass is 465 g/mol. The Kier molecular flexibility index (Phi) is 11.4. The zero-order valence-corrected chi connectivity index (χ0v) is 18.9. The Labute approximate surface area is 190 Å². The Morgan fingerprint density at radius 2 is 1.03 bits per heavy atom. The fourth-order valence-electron chi connectivity index (χ4n) is 3.12. The summed E-state index contributed by atoms with van der Waals surface area (Å²) < 4.78 is 19.4. The lowest BCUT2D eigenvalue weighted by atomic mass is 9.73. The van der Waals surface area contributed by atoms with Gasteiger partial charge in [-0.1, -0.05) is 0 Å². The maximum atomic E-state index is 13.0. The zero-order valence-electron chi connectivity index (χ0n) is 18.9. The van der Waals surface area contributed by atoms with Gasteiger partial charge in [-0.05, 0) is 45.4 Å². The minimum atomic E-state index is -1.99. The number of hydrogen-bond acceptors (Lipinski definition) is 11. The van der Waals surface area contributed by atoms with Gasteiger partial charge in [0.2, 0.25) is 0 Å². The predicted octanol–water partition coefficient (Wildman–Crippen LogP) is 0.788. The lowest BCUT2D eigenvalue weighted by Crippen LogP contribution is -2.46. The van der Waals surface area contributed by atoms with Crippen LogP contribution in [0.4, 0.5) is 0 Å². The van der Waals surface area contributed by atoms with Crippen LogP contribution in [0.1, 0.15) is 39.2 Å². The molecular formula is C22H27NO10. The van der Waals surface area contributed by atoms with E-state index in [1.165, 1.54) is 52.2 Å². The molecule has 0 amide bonds. The van der Waals surface area contributed by atoms with Gasteiger partial charge in [0.15, 0.2) is 0 Å². The zero-order chi connectivity index (χ0) is 25.0. The molecule has 0 spiro atoms. The summed E-state index contributed by atoms with van der Waals surface area (Å²) in [6.45, 7) is 5.20. The van der Waals surface area contributed by atoms with Gasteiger partial charge in [0.1, 0.15) is 11.8 Å². The fraction of sp³-hybridized carbons (Fsp3) is 0.500. The van der Waals surface area contributed by atoms with Crippen molar-refractivity contribution in [3.8, 4) is 0 Å². The Balaban J connectivity index is 3.79. The molecule has 0 fully saturated rings. The fourth-order valence-corrected chi connectivity index (χ4v) is 3.12. The third-order valence-electron chi connectivity index (χ3n) is 4.41. The molecule has 1 aromatic rings. The van der Waals surface area contributed by atoms with Gasteiger partial charge in [-0.15, -0.1) is 0 Å². The van der Waals surface area contributed by atoms with E-state index in [1.54, 1.807) is 0 Å². The molecule has 0 saturated carbocycles. The molecule has 2 atom stereocenters. The number of pyridine rings is 1. The molecule has 0 saturated heterocycles. The van der Waals surface area contributed by atoms with E-state index in [9.17, 15) is 28.8 Å². The van der Waals surface area contributed by atoms with Gasteiger partial charge < -0.3 is 18.9 Å². The van der Waals surface area contributed by atoms with Crippen molar-refractivity contribution in [2.45, 2.75) is 33.6 Å². The molecule has 11 heteroatoms. The number of aromatic nitrogens is 1. The van der Waals surface area contributed by atoms with Crippen molar-refractivity contribution in [3.05, 3.63) is 30.1 Å². The van der Waals surface area contributed by atoms with Crippen LogP contribution in [0.5, 0.6) is 0 Å². The highest BCUT2D eigenvalue weighted by atomic mass is 16.6. The third-order valence-corrected chi connectivity index (χ3v) is 4.41. The quantitative estimate of drug-likeness (QED) is 0.176. The summed E-state index contributed by atoms with van der Waals surface area (Å²) >= 11 is 0. The number of rotatable bonds is 13. The topological polar surface area (TPSA) is 152 Å². The van der Waals surface area contributed by atoms with Crippen LogP contribution in [0.3, 0.4) is 0 Å². The van der Waals surface area contributed by atoms with Crippen LogP contribution < -0.4 is 0 Å². The van der Waals surface area contributed by atoms with Gasteiger partial charge in [-0.25, -0.2) is 9.59 Å². The van der Waals surface area contributed by atoms with E-state index in [-0.39, 0.29) is 32.0 Å². The van der Waals surface area contributed by atoms with Crippen LogP contribution in [0, 0.1) is 11.8 Å². The predicted molar refractivity (Wildman–Crippen MR) is 111 cm³/mol. The molecule has 2 unspecified atom stereocenters. The van der Waals surface area contributed by atoms with Crippen molar-refractivity contribution in [1.29, 1.82) is 0 Å². The molecule has 0 radical (unpaired) electrons. The van der Waals surface area contributed by atoms with E-state index in [0.29, 0.717) is 0 Å². The summed E-state index contributed by atoms with van der Waals surface area (Å²) in [5.74, 6) is -13.4. The molecule has 0 aliphatic carbocycles. The normalized spacial score (nSPS) is 13.1. The van der Waals surface area contributed by atoms with E-state index in [2.05, 4.69) is 4.98 Å². The summed E-state index contributed by atoms with van der Waals surface area (Å²) in [4.78, 5) is 80.1. The van der Waals surface area contributed by atoms with Gasteiger partial charge in [0.25, 0.3) is 11.6 Å². The highest BCUT2D eigenvalue weighted by Crippen LogP contribution is 2.36. The molecule has 11 nitrogen and oxygen atoms in total. The molecule has 180 valence electrons. The molecule has 0 aromatic carbocycles. The first kappa shape index (κ1) is 27.4. The van der Waals surface area contributed by atoms with Crippen LogP contribution in [0.2, 0.25) is 0 Å². The average molecular weight is 465 g/mol. The molecule has 1 aromatic heterocycles. The molecule has 1 heterocycles. The highest BCUT2D eigenvalue weighted by Gasteiger charge is 2.51. The van der Waals surface area contributed by atoms with Crippen molar-refractivity contribution in [2.24, 2.45) is 11.8 Å². The minimum absolute atomic E-state index is 0.0939. The first-order valence-corrected chi connectivity index (χ1v) is 10.4. The molecule has 0 N–H and O–H groups in total. The first-order chi connectivity index (χ1) is 15.7. The summed E-state index contributed by atoms with van der Waals surface area (Å²) in [6, 6.07) is 2.67. The number of nitrogens with zero attached hydrogens (tertiary/aromatic N) is 1. The largest absolute Gasteiger partial charge is 0.465 e. The number of ether oxygens (including phenoxy) is 4. The SMILES string of the molecule is CCOC(=O)C(=O)C(C(=O)OCC)C(c1ccncc1)C(C(=O)OCC)C(=O)C(=O)OCC. The first-order valence-electron chi connectivity index (χ1n) is 10.4. The Morgan fingerprint density at radius 3 is 1.36 bits per heavy atom. The summed E-state index contributed by atoms with van der Waals surface area (Å²) in [5.41, 5.74) is 0.0939. The molecule has 0 aliphatic rings. The van der Waals surface area contributed by atoms with E-state index in [1.807, 2.05) is 0 Å². The number of Topliss-reactive ketones (excluding diaryl/α,β-unsaturated/α-hetero) is 2. The van der Waals surface area contributed by atoms with Crippen LogP contribution in [-0.4, -0.2) is 66.9 Å². The standard InChI is InChI=1S/C22H27NO10/c1-5-30-19(26)15(17(24)21(28)32-7-3)14(13-9-11-23-12-10-13)16(20(27)31-6-2)18(25)22(29)33-8-4/h9-12,14-16H,5-8H2,1-4H3. The van der Waals surface area contributed by atoms with E-state index in [4.69, 9.17) is 18.9 Å². The number of esters is 4. The lowest BCUT2D eigenvalue weighted by Gasteiger charge is -2.29. The highest BCUT2D eigenvalue weighted by molar-refractivity contribution is 6.40. The Morgan fingerprint density at radius 1 is 0.667 bits per heavy atom. The molecule has 1 rings (SSSR count). The van der Waals surface area contributed by atoms with Crippen LogP contribution in [0.25, 0.3) is 0 Å². The van der Waals surface area contributed by atoms with E-state index < -0.39 is 53.2 Å². The number of ketones is 2. The van der Waals surface area contributed by atoms with Gasteiger partial charge in [-0.2, -0.15) is 0 Å². The van der Waals surface area contributed by atoms with E-state index >= 15 is 0 Å². The second-order valence-corrected chi connectivity index (χ2v) is 6.44.